The maximum atomic E-state index is 14.1. The van der Waals surface area contributed by atoms with E-state index in [4.69, 9.17) is 43.9 Å². The van der Waals surface area contributed by atoms with Crippen LogP contribution < -0.4 is 44.7 Å². The van der Waals surface area contributed by atoms with Crippen molar-refractivity contribution in [2.45, 2.75) is 51.0 Å². The van der Waals surface area contributed by atoms with E-state index in [9.17, 15) is 14.4 Å². The Balaban J connectivity index is 0.984. The average molecular weight is 939 g/mol. The summed E-state index contributed by atoms with van der Waals surface area (Å²) < 4.78 is 41.4. The van der Waals surface area contributed by atoms with Gasteiger partial charge in [-0.15, -0.1) is 0 Å². The molecule has 0 fully saturated rings. The molecule has 3 amide bonds. The molecule has 5 aromatic rings. The Labute approximate surface area is 401 Å². The molecule has 360 valence electrons. The third kappa shape index (κ3) is 10.3. The van der Waals surface area contributed by atoms with Gasteiger partial charge in [0.05, 0.1) is 81.8 Å². The molecule has 4 aliphatic heterocycles. The summed E-state index contributed by atoms with van der Waals surface area (Å²) in [6.07, 6.45) is 4.02. The van der Waals surface area contributed by atoms with E-state index in [0.717, 1.165) is 45.7 Å². The van der Waals surface area contributed by atoms with Crippen molar-refractivity contribution in [3.05, 3.63) is 124 Å². The summed E-state index contributed by atoms with van der Waals surface area (Å²) in [4.78, 5) is 50.7. The van der Waals surface area contributed by atoms with E-state index in [1.807, 2.05) is 77.8 Å². The highest BCUT2D eigenvalue weighted by atomic mass is 16.5. The van der Waals surface area contributed by atoms with Gasteiger partial charge in [0.15, 0.2) is 23.0 Å². The number of amides is 3. The van der Waals surface area contributed by atoms with Crippen molar-refractivity contribution in [1.82, 2.24) is 0 Å². The van der Waals surface area contributed by atoms with Crippen LogP contribution >= 0.6 is 0 Å². The summed E-state index contributed by atoms with van der Waals surface area (Å²) in [5.74, 6) is 1.08. The number of carbonyl (C=O) groups is 3. The molecule has 5 aromatic carbocycles. The number of nitrogens with zero attached hydrogens (tertiary/aromatic N) is 4. The van der Waals surface area contributed by atoms with Gasteiger partial charge >= 0.3 is 0 Å². The summed E-state index contributed by atoms with van der Waals surface area (Å²) in [5, 5.41) is 3.51. The number of ether oxygens (including phenoxy) is 7. The molecule has 16 heteroatoms. The monoisotopic (exact) mass is 938 g/mol. The highest BCUT2D eigenvalue weighted by molar-refractivity contribution is 6.15. The van der Waals surface area contributed by atoms with E-state index in [0.29, 0.717) is 111 Å². The number of anilines is 4. The van der Waals surface area contributed by atoms with E-state index < -0.39 is 0 Å². The lowest BCUT2D eigenvalue weighted by Gasteiger charge is -2.26. The smallest absolute Gasteiger partial charge is 0.261 e. The summed E-state index contributed by atoms with van der Waals surface area (Å²) in [5.41, 5.74) is 14.2. The van der Waals surface area contributed by atoms with Gasteiger partial charge in [0, 0.05) is 75.0 Å². The summed E-state index contributed by atoms with van der Waals surface area (Å²) in [7, 11) is 4.74. The second-order valence-corrected chi connectivity index (χ2v) is 17.3. The minimum Gasteiger partial charge on any atom is -0.493 e. The van der Waals surface area contributed by atoms with Crippen LogP contribution in [-0.2, 0) is 45.1 Å². The summed E-state index contributed by atoms with van der Waals surface area (Å²) in [6.45, 7) is 4.09. The Morgan fingerprint density at radius 1 is 0.710 bits per heavy atom. The predicted molar refractivity (Wildman–Crippen MR) is 263 cm³/mol. The van der Waals surface area contributed by atoms with E-state index in [2.05, 4.69) is 16.3 Å². The topological polar surface area (TPSA) is 176 Å². The predicted octanol–water partition coefficient (Wildman–Crippen LogP) is 6.90. The van der Waals surface area contributed by atoms with Crippen LogP contribution in [0.5, 0.6) is 23.0 Å². The van der Waals surface area contributed by atoms with Gasteiger partial charge in [-0.25, -0.2) is 0 Å². The number of methoxy groups -OCH3 is 3. The molecule has 0 aromatic heterocycles. The number of aliphatic imine (C=N–C) groups is 1. The molecule has 16 nitrogen and oxygen atoms in total. The number of rotatable bonds is 22. The number of nitrogens with two attached hydrogens (primary N) is 1. The number of nitrogens with one attached hydrogen (secondary N) is 1. The lowest BCUT2D eigenvalue weighted by Crippen LogP contribution is -2.39. The van der Waals surface area contributed by atoms with Crippen LogP contribution in [0.4, 0.5) is 28.4 Å². The Morgan fingerprint density at radius 2 is 1.33 bits per heavy atom. The molecular formula is C53H58N6O10. The molecule has 9 rings (SSSR count). The van der Waals surface area contributed by atoms with Crippen molar-refractivity contribution in [3.8, 4) is 23.0 Å². The SMILES string of the molecule is COCCOCCOCCN(CCCC(N)=O)c1cc(COc2cc3c(cc2OC)C(=O)N2c4ccccc4C[C@H]2C=N3)cc(COc2cc3c(cc2OC)C(=O)N2c4ccccc4C[C@H]2CN3)c1. The normalized spacial score (nSPS) is 16.3. The van der Waals surface area contributed by atoms with Crippen LogP contribution in [0.3, 0.4) is 0 Å². The van der Waals surface area contributed by atoms with Gasteiger partial charge < -0.3 is 54.0 Å². The molecule has 0 saturated carbocycles. The molecular weight excluding hydrogens is 881 g/mol. The molecule has 0 radical (unpaired) electrons. The maximum Gasteiger partial charge on any atom is 0.261 e. The second kappa shape index (κ2) is 21.4. The molecule has 3 N–H and O–H groups in total. The van der Waals surface area contributed by atoms with Gasteiger partial charge in [-0.05, 0) is 77.6 Å². The van der Waals surface area contributed by atoms with Crippen molar-refractivity contribution >= 4 is 52.4 Å². The molecule has 2 atom stereocenters. The van der Waals surface area contributed by atoms with Crippen molar-refractivity contribution in [2.24, 2.45) is 10.7 Å². The van der Waals surface area contributed by atoms with Gasteiger partial charge in [-0.1, -0.05) is 36.4 Å². The number of primary amides is 1. The fraction of sp³-hybridized carbons (Fsp3) is 0.358. The van der Waals surface area contributed by atoms with Crippen molar-refractivity contribution in [1.29, 1.82) is 0 Å². The van der Waals surface area contributed by atoms with E-state index in [-0.39, 0.29) is 49.4 Å². The lowest BCUT2D eigenvalue weighted by molar-refractivity contribution is -0.118. The summed E-state index contributed by atoms with van der Waals surface area (Å²) >= 11 is 0. The molecule has 0 unspecified atom stereocenters. The largest absolute Gasteiger partial charge is 0.493 e. The molecule has 0 aliphatic carbocycles. The Bertz CT molecular complexity index is 2730. The van der Waals surface area contributed by atoms with Gasteiger partial charge in [0.1, 0.15) is 13.2 Å². The van der Waals surface area contributed by atoms with Crippen molar-refractivity contribution in [3.63, 3.8) is 0 Å². The van der Waals surface area contributed by atoms with Crippen LogP contribution in [-0.4, -0.2) is 110 Å². The minimum atomic E-state index is -0.377. The molecule has 0 saturated heterocycles. The Hall–Kier alpha value is -7.14. The zero-order valence-corrected chi connectivity index (χ0v) is 39.2. The van der Waals surface area contributed by atoms with Gasteiger partial charge in [0.25, 0.3) is 11.8 Å². The maximum absolute atomic E-state index is 14.1. The highest BCUT2D eigenvalue weighted by Crippen LogP contribution is 2.43. The van der Waals surface area contributed by atoms with Crippen LogP contribution in [0.15, 0.2) is 96.0 Å². The summed E-state index contributed by atoms with van der Waals surface area (Å²) in [6, 6.07) is 28.8. The fourth-order valence-corrected chi connectivity index (χ4v) is 9.47. The Kier molecular flexibility index (Phi) is 14.6. The van der Waals surface area contributed by atoms with Crippen molar-refractivity contribution in [2.75, 3.05) is 94.0 Å². The second-order valence-electron chi connectivity index (χ2n) is 17.3. The quantitative estimate of drug-likeness (QED) is 0.0689. The molecule has 69 heavy (non-hydrogen) atoms. The first kappa shape index (κ1) is 46.9. The number of benzene rings is 5. The van der Waals surface area contributed by atoms with Crippen LogP contribution in [0, 0.1) is 0 Å². The number of para-hydroxylation sites is 2. The number of carbonyl (C=O) groups excluding carboxylic acids is 3. The first-order chi connectivity index (χ1) is 33.7. The van der Waals surface area contributed by atoms with Gasteiger partial charge in [0.2, 0.25) is 5.91 Å². The standard InChI is InChI=1S/C53H58N6O10/c1-63-17-18-67-20-19-66-16-15-57(14-8-13-51(54)60)38-22-34(32-68-49-28-43-41(26-47(49)64-2)52(61)58-39(30-55-43)24-36-9-4-6-11-45(36)58)21-35(23-38)33-69-50-29-44-42(27-48(50)65-3)53(62)59-40(31-56-44)25-37-10-5-7-12-46(37)59/h4-7,9-12,21-23,26-30,39-40,56H,8,13-20,24-25,31-33H2,1-3H3,(H2,54,60)/t39-,40-/m0/s1. The third-order valence-corrected chi connectivity index (χ3v) is 12.8. The number of hydrogen-bond acceptors (Lipinski definition) is 13. The van der Waals surface area contributed by atoms with Gasteiger partial charge in [-0.2, -0.15) is 0 Å². The highest BCUT2D eigenvalue weighted by Gasteiger charge is 2.39. The first-order valence-electron chi connectivity index (χ1n) is 23.3. The average Bonchev–Trinajstić information content (AvgIpc) is 3.85. The van der Waals surface area contributed by atoms with Crippen LogP contribution in [0.25, 0.3) is 0 Å². The number of hydrogen-bond donors (Lipinski definition) is 2. The molecule has 0 bridgehead atoms. The fourth-order valence-electron chi connectivity index (χ4n) is 9.47. The van der Waals surface area contributed by atoms with Crippen molar-refractivity contribution < 1.29 is 47.5 Å². The van der Waals surface area contributed by atoms with Crippen LogP contribution in [0.1, 0.15) is 55.8 Å². The zero-order valence-electron chi connectivity index (χ0n) is 39.2. The minimum absolute atomic E-state index is 0.0246. The van der Waals surface area contributed by atoms with Gasteiger partial charge in [-0.3, -0.25) is 24.3 Å². The molecule has 0 spiro atoms. The van der Waals surface area contributed by atoms with E-state index in [1.165, 1.54) is 0 Å². The lowest BCUT2D eigenvalue weighted by atomic mass is 10.1. The van der Waals surface area contributed by atoms with Crippen LogP contribution in [0.2, 0.25) is 0 Å². The number of fused-ring (bicyclic) bond motifs is 8. The third-order valence-electron chi connectivity index (χ3n) is 12.8. The zero-order chi connectivity index (χ0) is 47.9. The molecule has 4 aliphatic rings. The molecule has 4 heterocycles. The first-order valence-corrected chi connectivity index (χ1v) is 23.3. The Morgan fingerprint density at radius 3 is 2.03 bits per heavy atom. The van der Waals surface area contributed by atoms with E-state index >= 15 is 0 Å². The van der Waals surface area contributed by atoms with E-state index in [1.54, 1.807) is 44.4 Å².